The van der Waals surface area contributed by atoms with Crippen LogP contribution in [0.2, 0.25) is 0 Å². The van der Waals surface area contributed by atoms with E-state index >= 15 is 0 Å². The Morgan fingerprint density at radius 1 is 1.24 bits per heavy atom. The van der Waals surface area contributed by atoms with Crippen LogP contribution in [0.5, 0.6) is 0 Å². The minimum atomic E-state index is -0.718. The molecule has 178 valence electrons. The number of unbranched alkanes of at least 4 members (excludes halogenated alkanes) is 1. The first kappa shape index (κ1) is 24.3. The fourth-order valence-electron chi connectivity index (χ4n) is 4.30. The SMILES string of the molecule is CCCCn1c(N)c(N(C)C(=O)C2CC(=O)N(c3ccccc3C(C)CC)C2)c(=O)[nH]c1=O. The largest absolute Gasteiger partial charge is 0.383 e. The number of carbonyl (C=O) groups is 2. The number of anilines is 3. The second kappa shape index (κ2) is 10.1. The van der Waals surface area contributed by atoms with Gasteiger partial charge in [-0.3, -0.25) is 23.9 Å². The zero-order chi connectivity index (χ0) is 24.3. The van der Waals surface area contributed by atoms with Gasteiger partial charge in [0, 0.05) is 32.2 Å². The van der Waals surface area contributed by atoms with Crippen molar-refractivity contribution < 1.29 is 9.59 Å². The van der Waals surface area contributed by atoms with Gasteiger partial charge in [-0.15, -0.1) is 0 Å². The van der Waals surface area contributed by atoms with Crippen molar-refractivity contribution in [3.05, 3.63) is 50.7 Å². The van der Waals surface area contributed by atoms with Crippen LogP contribution in [-0.2, 0) is 16.1 Å². The van der Waals surface area contributed by atoms with E-state index < -0.39 is 17.2 Å². The second-order valence-corrected chi connectivity index (χ2v) is 8.67. The summed E-state index contributed by atoms with van der Waals surface area (Å²) in [5, 5.41) is 0. The third-order valence-corrected chi connectivity index (χ3v) is 6.46. The Kier molecular flexibility index (Phi) is 7.40. The highest BCUT2D eigenvalue weighted by Crippen LogP contribution is 2.34. The summed E-state index contributed by atoms with van der Waals surface area (Å²) < 4.78 is 1.28. The van der Waals surface area contributed by atoms with Crippen molar-refractivity contribution in [1.29, 1.82) is 0 Å². The minimum Gasteiger partial charge on any atom is -0.383 e. The molecule has 2 aromatic rings. The quantitative estimate of drug-likeness (QED) is 0.633. The van der Waals surface area contributed by atoms with Gasteiger partial charge in [-0.05, 0) is 30.4 Å². The van der Waals surface area contributed by atoms with Crippen molar-refractivity contribution >= 4 is 29.0 Å². The summed E-state index contributed by atoms with van der Waals surface area (Å²) in [5.74, 6) is -0.912. The van der Waals surface area contributed by atoms with Crippen molar-refractivity contribution in [3.63, 3.8) is 0 Å². The van der Waals surface area contributed by atoms with Crippen LogP contribution in [0.25, 0.3) is 0 Å². The molecule has 3 rings (SSSR count). The molecule has 1 aromatic heterocycles. The molecule has 2 unspecified atom stereocenters. The molecule has 0 aliphatic carbocycles. The zero-order valence-electron chi connectivity index (χ0n) is 19.8. The first-order valence-electron chi connectivity index (χ1n) is 11.5. The van der Waals surface area contributed by atoms with Gasteiger partial charge in [0.25, 0.3) is 5.56 Å². The predicted octanol–water partition coefficient (Wildman–Crippen LogP) is 2.45. The van der Waals surface area contributed by atoms with E-state index in [4.69, 9.17) is 5.73 Å². The Balaban J connectivity index is 1.89. The zero-order valence-corrected chi connectivity index (χ0v) is 19.8. The van der Waals surface area contributed by atoms with Crippen molar-refractivity contribution in [2.75, 3.05) is 29.1 Å². The van der Waals surface area contributed by atoms with Crippen molar-refractivity contribution in [3.8, 4) is 0 Å². The lowest BCUT2D eigenvalue weighted by Gasteiger charge is -2.25. The first-order chi connectivity index (χ1) is 15.7. The van der Waals surface area contributed by atoms with Crippen molar-refractivity contribution in [2.24, 2.45) is 5.92 Å². The minimum absolute atomic E-state index is 0.0451. The van der Waals surface area contributed by atoms with E-state index in [9.17, 15) is 19.2 Å². The number of carbonyl (C=O) groups excluding carboxylic acids is 2. The molecular formula is C24H33N5O4. The van der Waals surface area contributed by atoms with E-state index in [0.29, 0.717) is 13.0 Å². The van der Waals surface area contributed by atoms with Crippen LogP contribution >= 0.6 is 0 Å². The van der Waals surface area contributed by atoms with E-state index in [1.807, 2.05) is 31.2 Å². The van der Waals surface area contributed by atoms with E-state index in [-0.39, 0.29) is 42.2 Å². The van der Waals surface area contributed by atoms with Gasteiger partial charge >= 0.3 is 5.69 Å². The number of H-pyrrole nitrogens is 1. The number of hydrogen-bond acceptors (Lipinski definition) is 5. The van der Waals surface area contributed by atoms with Gasteiger partial charge in [0.15, 0.2) is 5.69 Å². The average molecular weight is 456 g/mol. The molecule has 1 saturated heterocycles. The van der Waals surface area contributed by atoms with Gasteiger partial charge in [-0.2, -0.15) is 0 Å². The number of nitrogen functional groups attached to an aromatic ring is 1. The predicted molar refractivity (Wildman–Crippen MR) is 130 cm³/mol. The van der Waals surface area contributed by atoms with Crippen LogP contribution in [0.1, 0.15) is 57.9 Å². The molecule has 9 nitrogen and oxygen atoms in total. The maximum Gasteiger partial charge on any atom is 0.330 e. The number of amides is 2. The maximum atomic E-state index is 13.3. The summed E-state index contributed by atoms with van der Waals surface area (Å²) >= 11 is 0. The van der Waals surface area contributed by atoms with E-state index in [0.717, 1.165) is 24.1 Å². The monoisotopic (exact) mass is 455 g/mol. The molecule has 2 amide bonds. The molecule has 1 fully saturated rings. The summed E-state index contributed by atoms with van der Waals surface area (Å²) in [6.45, 7) is 6.75. The van der Waals surface area contributed by atoms with Gasteiger partial charge in [-0.1, -0.05) is 45.4 Å². The van der Waals surface area contributed by atoms with Gasteiger partial charge in [0.2, 0.25) is 11.8 Å². The van der Waals surface area contributed by atoms with E-state index in [2.05, 4.69) is 18.8 Å². The number of nitrogens with two attached hydrogens (primary N) is 1. The molecule has 3 N–H and O–H groups in total. The van der Waals surface area contributed by atoms with Crippen LogP contribution < -0.4 is 26.8 Å². The molecule has 2 atom stereocenters. The standard InChI is InChI=1S/C24H33N5O4/c1-5-7-12-28-21(25)20(22(31)26-24(28)33)27(4)23(32)16-13-19(30)29(14-16)18-11-9-8-10-17(18)15(3)6-2/h8-11,15-16H,5-7,12-14,25H2,1-4H3,(H,26,31,33). The molecule has 33 heavy (non-hydrogen) atoms. The number of nitrogens with one attached hydrogen (secondary N) is 1. The normalized spacial score (nSPS) is 16.8. The first-order valence-corrected chi connectivity index (χ1v) is 11.5. The summed E-state index contributed by atoms with van der Waals surface area (Å²) in [6, 6.07) is 7.75. The number of rotatable bonds is 8. The number of aromatic nitrogens is 2. The van der Waals surface area contributed by atoms with Crippen LogP contribution in [-0.4, -0.2) is 35.0 Å². The van der Waals surface area contributed by atoms with Crippen molar-refractivity contribution in [2.45, 2.75) is 58.9 Å². The fourth-order valence-corrected chi connectivity index (χ4v) is 4.30. The molecule has 0 spiro atoms. The molecule has 1 aliphatic rings. The molecule has 2 heterocycles. The third kappa shape index (κ3) is 4.72. The second-order valence-electron chi connectivity index (χ2n) is 8.67. The van der Waals surface area contributed by atoms with Gasteiger partial charge in [-0.25, -0.2) is 4.79 Å². The van der Waals surface area contributed by atoms with Gasteiger partial charge in [0.1, 0.15) is 5.82 Å². The van der Waals surface area contributed by atoms with E-state index in [1.165, 1.54) is 16.5 Å². The van der Waals surface area contributed by atoms with Gasteiger partial charge < -0.3 is 15.5 Å². The molecule has 0 radical (unpaired) electrons. The topological polar surface area (TPSA) is 121 Å². The van der Waals surface area contributed by atoms with Crippen LogP contribution in [0.15, 0.2) is 33.9 Å². The van der Waals surface area contributed by atoms with E-state index in [1.54, 1.807) is 4.90 Å². The molecular weight excluding hydrogens is 422 g/mol. The smallest absolute Gasteiger partial charge is 0.330 e. The molecule has 9 heteroatoms. The van der Waals surface area contributed by atoms with Crippen molar-refractivity contribution in [1.82, 2.24) is 9.55 Å². The lowest BCUT2D eigenvalue weighted by atomic mass is 9.96. The Hall–Kier alpha value is -3.36. The highest BCUT2D eigenvalue weighted by molar-refractivity contribution is 6.05. The van der Waals surface area contributed by atoms with Crippen LogP contribution in [0.3, 0.4) is 0 Å². The highest BCUT2D eigenvalue weighted by atomic mass is 16.2. The Bertz CT molecular complexity index is 1150. The molecule has 1 aliphatic heterocycles. The molecule has 0 saturated carbocycles. The Morgan fingerprint density at radius 2 is 1.94 bits per heavy atom. The number of benzene rings is 1. The highest BCUT2D eigenvalue weighted by Gasteiger charge is 2.38. The average Bonchev–Trinajstić information content (AvgIpc) is 3.18. The lowest BCUT2D eigenvalue weighted by Crippen LogP contribution is -2.42. The number of hydrogen-bond donors (Lipinski definition) is 2. The number of nitrogens with zero attached hydrogens (tertiary/aromatic N) is 3. The fraction of sp³-hybridized carbons (Fsp3) is 0.500. The summed E-state index contributed by atoms with van der Waals surface area (Å²) in [5.41, 5.74) is 6.65. The van der Waals surface area contributed by atoms with Gasteiger partial charge in [0.05, 0.1) is 5.92 Å². The summed E-state index contributed by atoms with van der Waals surface area (Å²) in [6.07, 6.45) is 2.52. The lowest BCUT2D eigenvalue weighted by molar-refractivity contribution is -0.124. The number of aromatic amines is 1. The Morgan fingerprint density at radius 3 is 2.61 bits per heavy atom. The molecule has 0 bridgehead atoms. The van der Waals surface area contributed by atoms with Crippen LogP contribution in [0.4, 0.5) is 17.2 Å². The maximum absolute atomic E-state index is 13.3. The molecule has 1 aromatic carbocycles. The third-order valence-electron chi connectivity index (χ3n) is 6.46. The number of para-hydroxylation sites is 1. The summed E-state index contributed by atoms with van der Waals surface area (Å²) in [4.78, 5) is 56.0. The Labute approximate surface area is 193 Å². The summed E-state index contributed by atoms with van der Waals surface area (Å²) in [7, 11) is 1.46. The van der Waals surface area contributed by atoms with Crippen LogP contribution in [0, 0.1) is 5.92 Å².